The van der Waals surface area contributed by atoms with Crippen LogP contribution in [0, 0.1) is 6.92 Å². The molecule has 1 heterocycles. The van der Waals surface area contributed by atoms with Gasteiger partial charge in [-0.15, -0.1) is 0 Å². The second-order valence-corrected chi connectivity index (χ2v) is 6.20. The van der Waals surface area contributed by atoms with Crippen LogP contribution in [-0.4, -0.2) is 22.7 Å². The van der Waals surface area contributed by atoms with E-state index in [4.69, 9.17) is 37.2 Å². The van der Waals surface area contributed by atoms with Crippen molar-refractivity contribution in [3.8, 4) is 17.2 Å². The molecule has 0 bridgehead atoms. The molecule has 0 fully saturated rings. The summed E-state index contributed by atoms with van der Waals surface area (Å²) in [4.78, 5) is 16.0. The number of carbonyl (C=O) groups is 1. The maximum absolute atomic E-state index is 11.8. The summed E-state index contributed by atoms with van der Waals surface area (Å²) in [6, 6.07) is 12.2. The van der Waals surface area contributed by atoms with Crippen molar-refractivity contribution in [2.45, 2.75) is 13.5 Å². The van der Waals surface area contributed by atoms with Gasteiger partial charge in [0, 0.05) is 5.02 Å². The minimum absolute atomic E-state index is 0.129. The monoisotopic (exact) mass is 392 g/mol. The average Bonchev–Trinajstić information content (AvgIpc) is 3.08. The fourth-order valence-corrected chi connectivity index (χ4v) is 2.60. The molecule has 0 aliphatic carbocycles. The molecule has 8 heteroatoms. The van der Waals surface area contributed by atoms with Crippen LogP contribution >= 0.6 is 23.2 Å². The number of hydrogen-bond acceptors (Lipinski definition) is 6. The van der Waals surface area contributed by atoms with Gasteiger partial charge < -0.3 is 14.0 Å². The standard InChI is InChI=1S/C18H14Cl2N2O4/c1-11-8-12(19)6-7-15(11)24-10-17(23)25-9-16-21-18(26-22-16)13-4-2-3-5-14(13)20/h2-8H,9-10H2,1H3. The van der Waals surface area contributed by atoms with E-state index in [1.165, 1.54) is 0 Å². The summed E-state index contributed by atoms with van der Waals surface area (Å²) in [5, 5.41) is 4.86. The van der Waals surface area contributed by atoms with Crippen molar-refractivity contribution in [3.63, 3.8) is 0 Å². The maximum Gasteiger partial charge on any atom is 0.344 e. The number of rotatable bonds is 6. The Morgan fingerprint density at radius 3 is 2.77 bits per heavy atom. The number of esters is 1. The second-order valence-electron chi connectivity index (χ2n) is 5.35. The zero-order valence-corrected chi connectivity index (χ0v) is 15.3. The Labute approximate surface area is 159 Å². The van der Waals surface area contributed by atoms with Crippen molar-refractivity contribution in [2.75, 3.05) is 6.61 Å². The topological polar surface area (TPSA) is 74.5 Å². The summed E-state index contributed by atoms with van der Waals surface area (Å²) in [5.41, 5.74) is 1.44. The molecule has 0 saturated heterocycles. The molecule has 6 nitrogen and oxygen atoms in total. The molecular weight excluding hydrogens is 379 g/mol. The number of aromatic nitrogens is 2. The molecule has 0 spiro atoms. The van der Waals surface area contributed by atoms with Gasteiger partial charge in [-0.2, -0.15) is 4.98 Å². The van der Waals surface area contributed by atoms with Gasteiger partial charge in [0.15, 0.2) is 13.2 Å². The maximum atomic E-state index is 11.8. The molecule has 0 aliphatic heterocycles. The molecule has 2 aromatic carbocycles. The fourth-order valence-electron chi connectivity index (χ4n) is 2.15. The number of nitrogens with zero attached hydrogens (tertiary/aromatic N) is 2. The van der Waals surface area contributed by atoms with E-state index >= 15 is 0 Å². The predicted molar refractivity (Wildman–Crippen MR) is 96.2 cm³/mol. The van der Waals surface area contributed by atoms with E-state index < -0.39 is 5.97 Å². The molecule has 0 amide bonds. The van der Waals surface area contributed by atoms with Crippen molar-refractivity contribution in [2.24, 2.45) is 0 Å². The molecular formula is C18H14Cl2N2O4. The summed E-state index contributed by atoms with van der Waals surface area (Å²) in [6.45, 7) is 1.47. The Hall–Kier alpha value is -2.57. The van der Waals surface area contributed by atoms with Crippen LogP contribution in [0.2, 0.25) is 10.0 Å². The lowest BCUT2D eigenvalue weighted by Crippen LogP contribution is -2.15. The van der Waals surface area contributed by atoms with E-state index in [9.17, 15) is 4.79 Å². The first-order chi connectivity index (χ1) is 12.5. The third kappa shape index (κ3) is 4.53. The van der Waals surface area contributed by atoms with Crippen molar-refractivity contribution in [1.82, 2.24) is 10.1 Å². The van der Waals surface area contributed by atoms with E-state index in [2.05, 4.69) is 10.1 Å². The highest BCUT2D eigenvalue weighted by atomic mass is 35.5. The Bertz CT molecular complexity index is 927. The first kappa shape index (κ1) is 18.2. The van der Waals surface area contributed by atoms with Gasteiger partial charge in [0.1, 0.15) is 5.75 Å². The van der Waals surface area contributed by atoms with Crippen LogP contribution in [-0.2, 0) is 16.1 Å². The number of carbonyl (C=O) groups excluding carboxylic acids is 1. The minimum atomic E-state index is -0.552. The molecule has 26 heavy (non-hydrogen) atoms. The van der Waals surface area contributed by atoms with Crippen LogP contribution in [0.5, 0.6) is 5.75 Å². The van der Waals surface area contributed by atoms with E-state index in [1.807, 2.05) is 6.92 Å². The minimum Gasteiger partial charge on any atom is -0.482 e. The van der Waals surface area contributed by atoms with Gasteiger partial charge in [-0.1, -0.05) is 40.5 Å². The van der Waals surface area contributed by atoms with E-state index in [0.29, 0.717) is 21.4 Å². The van der Waals surface area contributed by atoms with Crippen LogP contribution < -0.4 is 4.74 Å². The number of halogens is 2. The first-order valence-electron chi connectivity index (χ1n) is 7.65. The van der Waals surface area contributed by atoms with Gasteiger partial charge in [0.05, 0.1) is 10.6 Å². The Balaban J connectivity index is 1.53. The number of ether oxygens (including phenoxy) is 2. The molecule has 0 N–H and O–H groups in total. The van der Waals surface area contributed by atoms with Gasteiger partial charge in [0.2, 0.25) is 5.82 Å². The van der Waals surface area contributed by atoms with Gasteiger partial charge in [-0.3, -0.25) is 0 Å². The highest BCUT2D eigenvalue weighted by Gasteiger charge is 2.14. The lowest BCUT2D eigenvalue weighted by atomic mass is 10.2. The lowest BCUT2D eigenvalue weighted by Gasteiger charge is -2.08. The summed E-state index contributed by atoms with van der Waals surface area (Å²) in [5.74, 6) is 0.501. The Morgan fingerprint density at radius 1 is 1.19 bits per heavy atom. The molecule has 1 aromatic heterocycles. The molecule has 0 saturated carbocycles. The second kappa shape index (κ2) is 8.21. The van der Waals surface area contributed by atoms with E-state index in [-0.39, 0.29) is 24.9 Å². The molecule has 0 radical (unpaired) electrons. The van der Waals surface area contributed by atoms with Crippen LogP contribution in [0.25, 0.3) is 11.5 Å². The average molecular weight is 393 g/mol. The smallest absolute Gasteiger partial charge is 0.344 e. The quantitative estimate of drug-likeness (QED) is 0.575. The van der Waals surface area contributed by atoms with Gasteiger partial charge in [0.25, 0.3) is 5.89 Å². The summed E-state index contributed by atoms with van der Waals surface area (Å²) < 4.78 is 15.6. The van der Waals surface area contributed by atoms with Crippen molar-refractivity contribution >= 4 is 29.2 Å². The number of hydrogen-bond donors (Lipinski definition) is 0. The zero-order chi connectivity index (χ0) is 18.5. The highest BCUT2D eigenvalue weighted by Crippen LogP contribution is 2.26. The molecule has 3 aromatic rings. The van der Waals surface area contributed by atoms with Crippen LogP contribution in [0.1, 0.15) is 11.4 Å². The number of aryl methyl sites for hydroxylation is 1. The third-order valence-corrected chi connectivity index (χ3v) is 3.98. The van der Waals surface area contributed by atoms with Gasteiger partial charge in [-0.25, -0.2) is 4.79 Å². The molecule has 134 valence electrons. The largest absolute Gasteiger partial charge is 0.482 e. The fraction of sp³-hybridized carbons (Fsp3) is 0.167. The van der Waals surface area contributed by atoms with Crippen molar-refractivity contribution in [3.05, 3.63) is 63.9 Å². The normalized spacial score (nSPS) is 10.6. The Kier molecular flexibility index (Phi) is 5.75. The zero-order valence-electron chi connectivity index (χ0n) is 13.7. The molecule has 0 aliphatic rings. The molecule has 3 rings (SSSR count). The molecule has 0 unspecified atom stereocenters. The van der Waals surface area contributed by atoms with Gasteiger partial charge >= 0.3 is 5.97 Å². The highest BCUT2D eigenvalue weighted by molar-refractivity contribution is 6.33. The van der Waals surface area contributed by atoms with Gasteiger partial charge in [-0.05, 0) is 42.8 Å². The first-order valence-corrected chi connectivity index (χ1v) is 8.40. The van der Waals surface area contributed by atoms with E-state index in [1.54, 1.807) is 42.5 Å². The van der Waals surface area contributed by atoms with Crippen molar-refractivity contribution in [1.29, 1.82) is 0 Å². The molecule has 0 atom stereocenters. The lowest BCUT2D eigenvalue weighted by molar-refractivity contribution is -0.147. The number of benzene rings is 2. The summed E-state index contributed by atoms with van der Waals surface area (Å²) >= 11 is 12.0. The van der Waals surface area contributed by atoms with Crippen LogP contribution in [0.3, 0.4) is 0 Å². The summed E-state index contributed by atoms with van der Waals surface area (Å²) in [6.07, 6.45) is 0. The van der Waals surface area contributed by atoms with Crippen LogP contribution in [0.15, 0.2) is 47.0 Å². The third-order valence-electron chi connectivity index (χ3n) is 3.42. The van der Waals surface area contributed by atoms with Crippen molar-refractivity contribution < 1.29 is 18.8 Å². The van der Waals surface area contributed by atoms with E-state index in [0.717, 1.165) is 5.56 Å². The Morgan fingerprint density at radius 2 is 2.00 bits per heavy atom. The summed E-state index contributed by atoms with van der Waals surface area (Å²) in [7, 11) is 0. The predicted octanol–water partition coefficient (Wildman–Crippen LogP) is 4.47. The SMILES string of the molecule is Cc1cc(Cl)ccc1OCC(=O)OCc1noc(-c2ccccc2Cl)n1. The van der Waals surface area contributed by atoms with Crippen LogP contribution in [0.4, 0.5) is 0 Å².